The van der Waals surface area contributed by atoms with Crippen molar-refractivity contribution in [2.24, 2.45) is 0 Å². The number of ether oxygens (including phenoxy) is 1. The Balaban J connectivity index is 1.72. The number of carbonyl (C=O) groups is 2. The lowest BCUT2D eigenvalue weighted by Gasteiger charge is -2.21. The highest BCUT2D eigenvalue weighted by molar-refractivity contribution is 6.31. The Morgan fingerprint density at radius 1 is 0.857 bits per heavy atom. The molecule has 0 spiro atoms. The van der Waals surface area contributed by atoms with Gasteiger partial charge in [0.15, 0.2) is 11.6 Å². The predicted molar refractivity (Wildman–Crippen MR) is 106 cm³/mol. The maximum absolute atomic E-state index is 13.1. The van der Waals surface area contributed by atoms with E-state index in [2.05, 4.69) is 5.32 Å². The second-order valence-corrected chi connectivity index (χ2v) is 6.55. The zero-order valence-corrected chi connectivity index (χ0v) is 15.4. The minimum Gasteiger partial charge on any atom is -0.507 e. The third kappa shape index (κ3) is 3.06. The molecule has 28 heavy (non-hydrogen) atoms. The van der Waals surface area contributed by atoms with Crippen molar-refractivity contribution in [2.75, 3.05) is 11.9 Å². The minimum atomic E-state index is -0.349. The van der Waals surface area contributed by atoms with Gasteiger partial charge in [-0.25, -0.2) is 0 Å². The Labute approximate surface area is 162 Å². The maximum atomic E-state index is 13.1. The van der Waals surface area contributed by atoms with Crippen molar-refractivity contribution in [1.29, 1.82) is 0 Å². The van der Waals surface area contributed by atoms with Crippen molar-refractivity contribution in [1.82, 2.24) is 0 Å². The number of hydrogen-bond donors (Lipinski definition) is 2. The average molecular weight is 373 g/mol. The smallest absolute Gasteiger partial charge is 0.198 e. The Kier molecular flexibility index (Phi) is 4.67. The summed E-state index contributed by atoms with van der Waals surface area (Å²) in [6.45, 7) is 3.13. The molecule has 0 amide bonds. The van der Waals surface area contributed by atoms with Gasteiger partial charge in [0.2, 0.25) is 0 Å². The molecular formula is C23H19NO4. The molecule has 3 aromatic rings. The first-order valence-corrected chi connectivity index (χ1v) is 9.08. The summed E-state index contributed by atoms with van der Waals surface area (Å²) in [6, 6.07) is 17.4. The van der Waals surface area contributed by atoms with E-state index in [1.165, 1.54) is 6.07 Å². The van der Waals surface area contributed by atoms with Crippen LogP contribution in [0.5, 0.6) is 5.75 Å². The van der Waals surface area contributed by atoms with Crippen molar-refractivity contribution >= 4 is 22.9 Å². The molecule has 5 nitrogen and oxygen atoms in total. The summed E-state index contributed by atoms with van der Waals surface area (Å²) in [5.41, 5.74) is 3.20. The molecule has 0 saturated heterocycles. The fourth-order valence-electron chi connectivity index (χ4n) is 3.37. The van der Waals surface area contributed by atoms with Crippen LogP contribution in [0.4, 0.5) is 11.4 Å². The second kappa shape index (κ2) is 7.29. The quantitative estimate of drug-likeness (QED) is 0.506. The van der Waals surface area contributed by atoms with Crippen LogP contribution in [0.3, 0.4) is 0 Å². The summed E-state index contributed by atoms with van der Waals surface area (Å²) in [5.74, 6) is -0.824. The Morgan fingerprint density at radius 3 is 2.14 bits per heavy atom. The topological polar surface area (TPSA) is 75.6 Å². The minimum absolute atomic E-state index is 0.0432. The number of hydrogen-bond acceptors (Lipinski definition) is 5. The van der Waals surface area contributed by atoms with Gasteiger partial charge < -0.3 is 15.2 Å². The predicted octanol–water partition coefficient (Wildman–Crippen LogP) is 4.45. The molecule has 0 aromatic heterocycles. The number of anilines is 2. The summed E-state index contributed by atoms with van der Waals surface area (Å²) in [6.07, 6.45) is 0. The van der Waals surface area contributed by atoms with Crippen LogP contribution in [0.2, 0.25) is 0 Å². The SMILES string of the molecule is CCOCc1ccc(Nc2ccc(O)c3c2C(=O)c2ccccc2C3=O)cc1. The van der Waals surface area contributed by atoms with E-state index in [9.17, 15) is 14.7 Å². The van der Waals surface area contributed by atoms with Gasteiger partial charge in [0.25, 0.3) is 0 Å². The summed E-state index contributed by atoms with van der Waals surface area (Å²) in [7, 11) is 0. The van der Waals surface area contributed by atoms with Gasteiger partial charge in [-0.1, -0.05) is 36.4 Å². The molecule has 0 unspecified atom stereocenters. The van der Waals surface area contributed by atoms with Gasteiger partial charge in [-0.3, -0.25) is 9.59 Å². The van der Waals surface area contributed by atoms with Gasteiger partial charge in [-0.2, -0.15) is 0 Å². The van der Waals surface area contributed by atoms with Gasteiger partial charge in [-0.05, 0) is 36.8 Å². The molecule has 1 aliphatic carbocycles. The Hall–Kier alpha value is -3.44. The van der Waals surface area contributed by atoms with Gasteiger partial charge in [0, 0.05) is 23.4 Å². The third-order valence-electron chi connectivity index (χ3n) is 4.76. The van der Waals surface area contributed by atoms with Crippen LogP contribution in [0, 0.1) is 0 Å². The number of ketones is 2. The normalized spacial score (nSPS) is 12.5. The zero-order chi connectivity index (χ0) is 19.7. The van der Waals surface area contributed by atoms with Gasteiger partial charge >= 0.3 is 0 Å². The molecule has 2 N–H and O–H groups in total. The molecule has 0 saturated carbocycles. The molecule has 0 aliphatic heterocycles. The standard InChI is InChI=1S/C23H19NO4/c1-2-28-13-14-7-9-15(10-8-14)24-18-11-12-19(25)21-20(18)22(26)16-5-3-4-6-17(16)23(21)27/h3-12,24-25H,2,13H2,1H3. The first kappa shape index (κ1) is 17.9. The molecular weight excluding hydrogens is 354 g/mol. The molecule has 1 aliphatic rings. The highest BCUT2D eigenvalue weighted by Gasteiger charge is 2.33. The first-order valence-electron chi connectivity index (χ1n) is 9.08. The number of rotatable bonds is 5. The van der Waals surface area contributed by atoms with E-state index < -0.39 is 0 Å². The number of aromatic hydroxyl groups is 1. The highest BCUT2D eigenvalue weighted by atomic mass is 16.5. The second-order valence-electron chi connectivity index (χ2n) is 6.55. The van der Waals surface area contributed by atoms with Crippen LogP contribution >= 0.6 is 0 Å². The lowest BCUT2D eigenvalue weighted by atomic mass is 9.82. The largest absolute Gasteiger partial charge is 0.507 e. The Bertz CT molecular complexity index is 1070. The Morgan fingerprint density at radius 2 is 1.50 bits per heavy atom. The van der Waals surface area contributed by atoms with Crippen LogP contribution in [0.15, 0.2) is 60.7 Å². The van der Waals surface area contributed by atoms with E-state index in [0.29, 0.717) is 30.0 Å². The highest BCUT2D eigenvalue weighted by Crippen LogP contribution is 2.37. The van der Waals surface area contributed by atoms with E-state index in [-0.39, 0.29) is 28.4 Å². The fourth-order valence-corrected chi connectivity index (χ4v) is 3.37. The number of carbonyl (C=O) groups excluding carboxylic acids is 2. The number of fused-ring (bicyclic) bond motifs is 2. The molecule has 0 heterocycles. The van der Waals surface area contributed by atoms with Crippen molar-refractivity contribution in [3.05, 3.63) is 88.5 Å². The van der Waals surface area contributed by atoms with Gasteiger partial charge in [0.05, 0.1) is 23.4 Å². The number of benzene rings is 3. The number of phenols is 1. The van der Waals surface area contributed by atoms with Gasteiger partial charge in [0.1, 0.15) is 5.75 Å². The first-order chi connectivity index (χ1) is 13.6. The lowest BCUT2D eigenvalue weighted by molar-refractivity contribution is 0.0977. The van der Waals surface area contributed by atoms with E-state index in [0.717, 1.165) is 11.3 Å². The van der Waals surface area contributed by atoms with Gasteiger partial charge in [-0.15, -0.1) is 0 Å². The summed E-state index contributed by atoms with van der Waals surface area (Å²) < 4.78 is 5.39. The third-order valence-corrected chi connectivity index (χ3v) is 4.76. The molecule has 0 radical (unpaired) electrons. The van der Waals surface area contributed by atoms with Crippen molar-refractivity contribution < 1.29 is 19.4 Å². The van der Waals surface area contributed by atoms with Crippen LogP contribution in [-0.2, 0) is 11.3 Å². The van der Waals surface area contributed by atoms with Crippen LogP contribution < -0.4 is 5.32 Å². The van der Waals surface area contributed by atoms with E-state index in [1.54, 1.807) is 30.3 Å². The van der Waals surface area contributed by atoms with E-state index in [1.807, 2.05) is 31.2 Å². The molecule has 3 aromatic carbocycles. The molecule has 5 heteroatoms. The monoisotopic (exact) mass is 373 g/mol. The molecule has 4 rings (SSSR count). The van der Waals surface area contributed by atoms with Crippen molar-refractivity contribution in [3.8, 4) is 5.75 Å². The summed E-state index contributed by atoms with van der Waals surface area (Å²) in [4.78, 5) is 25.9. The van der Waals surface area contributed by atoms with Crippen LogP contribution in [0.1, 0.15) is 44.3 Å². The molecule has 140 valence electrons. The number of nitrogens with one attached hydrogen (secondary N) is 1. The summed E-state index contributed by atoms with van der Waals surface area (Å²) >= 11 is 0. The maximum Gasteiger partial charge on any atom is 0.198 e. The average Bonchev–Trinajstić information content (AvgIpc) is 2.72. The summed E-state index contributed by atoms with van der Waals surface area (Å²) in [5, 5.41) is 13.5. The zero-order valence-electron chi connectivity index (χ0n) is 15.4. The van der Waals surface area contributed by atoms with Crippen LogP contribution in [-0.4, -0.2) is 23.3 Å². The lowest BCUT2D eigenvalue weighted by Crippen LogP contribution is -2.22. The molecule has 0 fully saturated rings. The van der Waals surface area contributed by atoms with Crippen molar-refractivity contribution in [2.45, 2.75) is 13.5 Å². The van der Waals surface area contributed by atoms with E-state index >= 15 is 0 Å². The van der Waals surface area contributed by atoms with E-state index in [4.69, 9.17) is 4.74 Å². The number of phenolic OH excluding ortho intramolecular Hbond substituents is 1. The molecule has 0 bridgehead atoms. The fraction of sp³-hybridized carbons (Fsp3) is 0.130. The van der Waals surface area contributed by atoms with Crippen molar-refractivity contribution in [3.63, 3.8) is 0 Å². The van der Waals surface area contributed by atoms with Crippen LogP contribution in [0.25, 0.3) is 0 Å². The molecule has 0 atom stereocenters.